The molecule has 0 bridgehead atoms. The van der Waals surface area contributed by atoms with Crippen LogP contribution in [0.2, 0.25) is 0 Å². The predicted octanol–water partition coefficient (Wildman–Crippen LogP) is 11.2. The van der Waals surface area contributed by atoms with Crippen molar-refractivity contribution >= 4 is 43.4 Å². The number of aromatic nitrogens is 3. The van der Waals surface area contributed by atoms with Gasteiger partial charge in [0.05, 0.1) is 16.7 Å². The van der Waals surface area contributed by atoms with Gasteiger partial charge in [0, 0.05) is 33.5 Å². The highest BCUT2D eigenvalue weighted by atomic mass is 14.9. The average molecular weight is 586 g/mol. The third kappa shape index (κ3) is 4.33. The molecule has 9 rings (SSSR count). The standard InChI is InChI=1S/C43H27N3/c1-2-10-29(11-3-1)42-39-15-6-7-18-40(39)45-43(46-42)31-21-19-28(20-22-31)32-25-26-36(34-14-5-4-13-33(32)34)35-16-8-17-38-37(35)24-23-30-12-9-27-44-41(30)38/h1-27H. The maximum Gasteiger partial charge on any atom is 0.160 e. The van der Waals surface area contributed by atoms with Crippen LogP contribution in [0.4, 0.5) is 0 Å². The van der Waals surface area contributed by atoms with Gasteiger partial charge in [-0.25, -0.2) is 9.97 Å². The molecule has 7 aromatic carbocycles. The van der Waals surface area contributed by atoms with Crippen LogP contribution in [0.5, 0.6) is 0 Å². The lowest BCUT2D eigenvalue weighted by atomic mass is 9.89. The van der Waals surface area contributed by atoms with Crippen LogP contribution in [0.25, 0.3) is 88.2 Å². The number of hydrogen-bond donors (Lipinski definition) is 0. The first-order valence-corrected chi connectivity index (χ1v) is 15.5. The van der Waals surface area contributed by atoms with Gasteiger partial charge < -0.3 is 0 Å². The van der Waals surface area contributed by atoms with E-state index in [1.54, 1.807) is 0 Å². The largest absolute Gasteiger partial charge is 0.256 e. The number of pyridine rings is 1. The molecule has 0 fully saturated rings. The zero-order valence-corrected chi connectivity index (χ0v) is 24.9. The summed E-state index contributed by atoms with van der Waals surface area (Å²) in [5, 5.41) is 7.03. The Labute approximate surface area is 266 Å². The topological polar surface area (TPSA) is 38.7 Å². The molecule has 3 heteroatoms. The van der Waals surface area contributed by atoms with Crippen molar-refractivity contribution in [3.05, 3.63) is 164 Å². The van der Waals surface area contributed by atoms with Crippen molar-refractivity contribution in [2.75, 3.05) is 0 Å². The summed E-state index contributed by atoms with van der Waals surface area (Å²) in [5.74, 6) is 0.724. The minimum absolute atomic E-state index is 0.724. The molecule has 0 radical (unpaired) electrons. The Morgan fingerprint density at radius 2 is 1.00 bits per heavy atom. The first-order chi connectivity index (χ1) is 22.8. The van der Waals surface area contributed by atoms with Crippen LogP contribution >= 0.6 is 0 Å². The third-order valence-corrected chi connectivity index (χ3v) is 8.95. The molecule has 46 heavy (non-hydrogen) atoms. The summed E-state index contributed by atoms with van der Waals surface area (Å²) in [4.78, 5) is 14.7. The number of nitrogens with zero attached hydrogens (tertiary/aromatic N) is 3. The summed E-state index contributed by atoms with van der Waals surface area (Å²) in [6.45, 7) is 0. The van der Waals surface area contributed by atoms with Crippen molar-refractivity contribution < 1.29 is 0 Å². The van der Waals surface area contributed by atoms with Gasteiger partial charge in [-0.2, -0.15) is 0 Å². The van der Waals surface area contributed by atoms with Crippen LogP contribution in [0.15, 0.2) is 164 Å². The second-order valence-corrected chi connectivity index (χ2v) is 11.6. The fourth-order valence-corrected chi connectivity index (χ4v) is 6.74. The Hall–Kier alpha value is -6.19. The Bertz CT molecular complexity index is 2570. The molecule has 214 valence electrons. The maximum absolute atomic E-state index is 5.07. The van der Waals surface area contributed by atoms with Gasteiger partial charge >= 0.3 is 0 Å². The van der Waals surface area contributed by atoms with E-state index in [1.807, 2.05) is 30.5 Å². The van der Waals surface area contributed by atoms with Gasteiger partial charge in [0.2, 0.25) is 0 Å². The van der Waals surface area contributed by atoms with Crippen molar-refractivity contribution in [1.29, 1.82) is 0 Å². The molecular formula is C43H27N3. The second kappa shape index (κ2) is 10.8. The summed E-state index contributed by atoms with van der Waals surface area (Å²) >= 11 is 0. The molecule has 0 aliphatic carbocycles. The Kier molecular flexibility index (Phi) is 6.14. The minimum Gasteiger partial charge on any atom is -0.256 e. The third-order valence-electron chi connectivity index (χ3n) is 8.95. The lowest BCUT2D eigenvalue weighted by Crippen LogP contribution is -1.95. The van der Waals surface area contributed by atoms with Crippen LogP contribution in [-0.4, -0.2) is 15.0 Å². The Morgan fingerprint density at radius 3 is 1.85 bits per heavy atom. The van der Waals surface area contributed by atoms with Crippen LogP contribution in [-0.2, 0) is 0 Å². The van der Waals surface area contributed by atoms with Crippen LogP contribution < -0.4 is 0 Å². The number of rotatable bonds is 4. The summed E-state index contributed by atoms with van der Waals surface area (Å²) in [6.07, 6.45) is 1.87. The van der Waals surface area contributed by atoms with Gasteiger partial charge in [-0.3, -0.25) is 4.98 Å². The monoisotopic (exact) mass is 585 g/mol. The fourth-order valence-electron chi connectivity index (χ4n) is 6.74. The van der Waals surface area contributed by atoms with E-state index in [2.05, 4.69) is 133 Å². The lowest BCUT2D eigenvalue weighted by molar-refractivity contribution is 1.23. The number of benzene rings is 7. The number of fused-ring (bicyclic) bond motifs is 5. The van der Waals surface area contributed by atoms with Gasteiger partial charge in [0.15, 0.2) is 5.82 Å². The van der Waals surface area contributed by atoms with E-state index in [0.29, 0.717) is 0 Å². The van der Waals surface area contributed by atoms with Gasteiger partial charge in [-0.1, -0.05) is 146 Å². The van der Waals surface area contributed by atoms with Crippen molar-refractivity contribution in [3.63, 3.8) is 0 Å². The molecule has 0 saturated heterocycles. The van der Waals surface area contributed by atoms with Gasteiger partial charge in [-0.05, 0) is 50.5 Å². The van der Waals surface area contributed by atoms with Gasteiger partial charge in [0.1, 0.15) is 0 Å². The number of hydrogen-bond acceptors (Lipinski definition) is 3. The fraction of sp³-hybridized carbons (Fsp3) is 0. The highest BCUT2D eigenvalue weighted by Gasteiger charge is 2.15. The molecule has 0 aliphatic heterocycles. The number of para-hydroxylation sites is 1. The van der Waals surface area contributed by atoms with Crippen molar-refractivity contribution in [3.8, 4) is 44.9 Å². The first-order valence-electron chi connectivity index (χ1n) is 15.5. The summed E-state index contributed by atoms with van der Waals surface area (Å²) in [5.41, 5.74) is 9.78. The quantitative estimate of drug-likeness (QED) is 0.193. The zero-order chi connectivity index (χ0) is 30.5. The van der Waals surface area contributed by atoms with E-state index < -0.39 is 0 Å². The predicted molar refractivity (Wildman–Crippen MR) is 192 cm³/mol. The van der Waals surface area contributed by atoms with Crippen LogP contribution in [0.1, 0.15) is 0 Å². The smallest absolute Gasteiger partial charge is 0.160 e. The highest BCUT2D eigenvalue weighted by molar-refractivity contribution is 6.14. The first kappa shape index (κ1) is 26.2. The molecule has 0 spiro atoms. The van der Waals surface area contributed by atoms with Crippen molar-refractivity contribution in [1.82, 2.24) is 15.0 Å². The molecule has 0 amide bonds. The summed E-state index contributed by atoms with van der Waals surface area (Å²) in [7, 11) is 0. The molecule has 0 aliphatic rings. The van der Waals surface area contributed by atoms with E-state index >= 15 is 0 Å². The average Bonchev–Trinajstić information content (AvgIpc) is 3.14. The SMILES string of the molecule is c1ccc(-c2nc(-c3ccc(-c4ccc(-c5cccc6c5ccc5cccnc56)c5ccccc45)cc3)nc3ccccc23)cc1. The Balaban J connectivity index is 1.15. The molecule has 2 aromatic heterocycles. The normalized spacial score (nSPS) is 11.5. The maximum atomic E-state index is 5.07. The zero-order valence-electron chi connectivity index (χ0n) is 24.9. The van der Waals surface area contributed by atoms with E-state index in [-0.39, 0.29) is 0 Å². The molecule has 0 unspecified atom stereocenters. The summed E-state index contributed by atoms with van der Waals surface area (Å²) < 4.78 is 0. The molecule has 9 aromatic rings. The summed E-state index contributed by atoms with van der Waals surface area (Å²) in [6, 6.07) is 55.5. The van der Waals surface area contributed by atoms with Crippen LogP contribution in [0.3, 0.4) is 0 Å². The molecule has 0 N–H and O–H groups in total. The highest BCUT2D eigenvalue weighted by Crippen LogP contribution is 2.40. The van der Waals surface area contributed by atoms with Gasteiger partial charge in [0.25, 0.3) is 0 Å². The second-order valence-electron chi connectivity index (χ2n) is 11.6. The molecule has 3 nitrogen and oxygen atoms in total. The minimum atomic E-state index is 0.724. The molecule has 2 heterocycles. The van der Waals surface area contributed by atoms with E-state index in [4.69, 9.17) is 15.0 Å². The Morgan fingerprint density at radius 1 is 0.348 bits per heavy atom. The molecular weight excluding hydrogens is 558 g/mol. The van der Waals surface area contributed by atoms with Crippen molar-refractivity contribution in [2.45, 2.75) is 0 Å². The molecule has 0 atom stereocenters. The van der Waals surface area contributed by atoms with Crippen molar-refractivity contribution in [2.24, 2.45) is 0 Å². The van der Waals surface area contributed by atoms with E-state index in [9.17, 15) is 0 Å². The van der Waals surface area contributed by atoms with E-state index in [1.165, 1.54) is 38.2 Å². The molecule has 0 saturated carbocycles. The van der Waals surface area contributed by atoms with Gasteiger partial charge in [-0.15, -0.1) is 0 Å². The lowest BCUT2D eigenvalue weighted by Gasteiger charge is -2.15. The van der Waals surface area contributed by atoms with Crippen LogP contribution in [0, 0.1) is 0 Å². The van der Waals surface area contributed by atoms with E-state index in [0.717, 1.165) is 50.0 Å².